The van der Waals surface area contributed by atoms with Gasteiger partial charge in [-0.15, -0.1) is 0 Å². The fourth-order valence-electron chi connectivity index (χ4n) is 1.47. The number of nitrogens with zero attached hydrogens (tertiary/aromatic N) is 1. The molecule has 4 nitrogen and oxygen atoms in total. The second-order valence-electron chi connectivity index (χ2n) is 2.97. The summed E-state index contributed by atoms with van der Waals surface area (Å²) in [5.41, 5.74) is 5.18. The van der Waals surface area contributed by atoms with Crippen LogP contribution in [0.4, 0.5) is 5.82 Å². The summed E-state index contributed by atoms with van der Waals surface area (Å²) in [4.78, 5) is 10.8. The molecule has 0 fully saturated rings. The van der Waals surface area contributed by atoms with Crippen LogP contribution in [-0.2, 0) is 11.3 Å². The van der Waals surface area contributed by atoms with E-state index in [0.29, 0.717) is 0 Å². The molecule has 0 radical (unpaired) electrons. The maximum atomic E-state index is 10.8. The highest BCUT2D eigenvalue weighted by molar-refractivity contribution is 5.82. The number of aromatic nitrogens is 1. The van der Waals surface area contributed by atoms with Gasteiger partial charge in [0.2, 0.25) is 5.91 Å². The van der Waals surface area contributed by atoms with E-state index in [1.165, 1.54) is 0 Å². The van der Waals surface area contributed by atoms with E-state index in [0.717, 1.165) is 18.8 Å². The van der Waals surface area contributed by atoms with Gasteiger partial charge in [-0.3, -0.25) is 4.79 Å². The summed E-state index contributed by atoms with van der Waals surface area (Å²) >= 11 is 0. The van der Waals surface area contributed by atoms with Gasteiger partial charge < -0.3 is 15.6 Å². The van der Waals surface area contributed by atoms with Crippen molar-refractivity contribution in [3.8, 4) is 0 Å². The van der Waals surface area contributed by atoms with E-state index in [1.54, 1.807) is 0 Å². The Morgan fingerprint density at radius 2 is 2.58 bits per heavy atom. The molecule has 1 unspecified atom stereocenters. The Morgan fingerprint density at radius 1 is 1.75 bits per heavy atom. The molecule has 4 heteroatoms. The van der Waals surface area contributed by atoms with Gasteiger partial charge in [0.15, 0.2) is 0 Å². The number of aryl methyl sites for hydroxylation is 1. The minimum atomic E-state index is -0.276. The highest BCUT2D eigenvalue weighted by Crippen LogP contribution is 2.17. The fourth-order valence-corrected chi connectivity index (χ4v) is 1.47. The van der Waals surface area contributed by atoms with Gasteiger partial charge in [0, 0.05) is 12.7 Å². The molecule has 1 aliphatic heterocycles. The van der Waals surface area contributed by atoms with Crippen molar-refractivity contribution >= 4 is 11.7 Å². The largest absolute Gasteiger partial charge is 0.368 e. The first-order valence-electron chi connectivity index (χ1n) is 3.98. The van der Waals surface area contributed by atoms with Crippen LogP contribution in [0.3, 0.4) is 0 Å². The van der Waals surface area contributed by atoms with E-state index in [-0.39, 0.29) is 11.9 Å². The number of nitrogens with one attached hydrogen (secondary N) is 1. The average Bonchev–Trinajstić information content (AvgIpc) is 2.49. The molecule has 0 bridgehead atoms. The highest BCUT2D eigenvalue weighted by atomic mass is 16.1. The second kappa shape index (κ2) is 2.55. The van der Waals surface area contributed by atoms with Crippen molar-refractivity contribution in [2.24, 2.45) is 5.73 Å². The molecule has 12 heavy (non-hydrogen) atoms. The van der Waals surface area contributed by atoms with Gasteiger partial charge in [0.05, 0.1) is 0 Å². The predicted octanol–water partition coefficient (Wildman–Crippen LogP) is 0.158. The number of primary amides is 1. The molecule has 0 saturated heterocycles. The van der Waals surface area contributed by atoms with Crippen molar-refractivity contribution in [3.63, 3.8) is 0 Å². The van der Waals surface area contributed by atoms with Gasteiger partial charge in [-0.25, -0.2) is 0 Å². The average molecular weight is 165 g/mol. The number of carbonyl (C=O) groups excluding carboxylic acids is 1. The van der Waals surface area contributed by atoms with Crippen LogP contribution in [0.15, 0.2) is 18.3 Å². The topological polar surface area (TPSA) is 60.1 Å². The number of hydrogen-bond acceptors (Lipinski definition) is 2. The molecule has 1 aromatic rings. The summed E-state index contributed by atoms with van der Waals surface area (Å²) in [7, 11) is 0. The normalized spacial score (nSPS) is 21.2. The lowest BCUT2D eigenvalue weighted by Gasteiger charge is -2.23. The molecule has 0 aromatic carbocycles. The summed E-state index contributed by atoms with van der Waals surface area (Å²) in [6, 6.07) is 3.69. The standard InChI is InChI=1S/C8H11N3O/c9-8(12)6-3-5-11-4-1-2-7(11)10-6/h1-2,4,6,10H,3,5H2,(H2,9,12). The van der Waals surface area contributed by atoms with Crippen molar-refractivity contribution in [2.75, 3.05) is 5.32 Å². The molecule has 1 aromatic heterocycles. The third-order valence-electron chi connectivity index (χ3n) is 2.15. The molecule has 0 saturated carbocycles. The Kier molecular flexibility index (Phi) is 1.53. The van der Waals surface area contributed by atoms with Crippen molar-refractivity contribution in [1.29, 1.82) is 0 Å². The first-order chi connectivity index (χ1) is 5.77. The van der Waals surface area contributed by atoms with Crippen molar-refractivity contribution < 1.29 is 4.79 Å². The quantitative estimate of drug-likeness (QED) is 0.622. The van der Waals surface area contributed by atoms with Crippen molar-refractivity contribution in [2.45, 2.75) is 19.0 Å². The van der Waals surface area contributed by atoms with E-state index in [1.807, 2.05) is 18.3 Å². The number of anilines is 1. The Hall–Kier alpha value is -1.45. The van der Waals surface area contributed by atoms with Crippen LogP contribution in [0, 0.1) is 0 Å². The number of rotatable bonds is 1. The molecule has 64 valence electrons. The third-order valence-corrected chi connectivity index (χ3v) is 2.15. The van der Waals surface area contributed by atoms with Crippen LogP contribution in [-0.4, -0.2) is 16.5 Å². The Balaban J connectivity index is 2.20. The lowest BCUT2D eigenvalue weighted by atomic mass is 10.1. The lowest BCUT2D eigenvalue weighted by Crippen LogP contribution is -2.39. The smallest absolute Gasteiger partial charge is 0.240 e. The SMILES string of the molecule is NC(=O)C1CCn2cccc2N1. The van der Waals surface area contributed by atoms with E-state index in [9.17, 15) is 4.79 Å². The zero-order valence-corrected chi connectivity index (χ0v) is 6.66. The number of amides is 1. The van der Waals surface area contributed by atoms with E-state index < -0.39 is 0 Å². The van der Waals surface area contributed by atoms with Crippen LogP contribution in [0.1, 0.15) is 6.42 Å². The molecule has 1 atom stereocenters. The maximum Gasteiger partial charge on any atom is 0.240 e. The minimum absolute atomic E-state index is 0.201. The van der Waals surface area contributed by atoms with Crippen LogP contribution in [0.25, 0.3) is 0 Å². The number of hydrogen-bond donors (Lipinski definition) is 2. The first-order valence-corrected chi connectivity index (χ1v) is 3.98. The van der Waals surface area contributed by atoms with Crippen LogP contribution < -0.4 is 11.1 Å². The molecule has 3 N–H and O–H groups in total. The van der Waals surface area contributed by atoms with E-state index >= 15 is 0 Å². The van der Waals surface area contributed by atoms with Gasteiger partial charge in [-0.2, -0.15) is 0 Å². The molecular formula is C8H11N3O. The molecule has 2 rings (SSSR count). The number of nitrogens with two attached hydrogens (primary N) is 1. The fraction of sp³-hybridized carbons (Fsp3) is 0.375. The van der Waals surface area contributed by atoms with Crippen molar-refractivity contribution in [3.05, 3.63) is 18.3 Å². The minimum Gasteiger partial charge on any atom is -0.368 e. The van der Waals surface area contributed by atoms with E-state index in [4.69, 9.17) is 5.73 Å². The van der Waals surface area contributed by atoms with Gasteiger partial charge in [0.1, 0.15) is 11.9 Å². The number of carbonyl (C=O) groups is 1. The first kappa shape index (κ1) is 7.21. The van der Waals surface area contributed by atoms with Gasteiger partial charge in [-0.1, -0.05) is 0 Å². The highest BCUT2D eigenvalue weighted by Gasteiger charge is 2.20. The maximum absolute atomic E-state index is 10.8. The summed E-state index contributed by atoms with van der Waals surface area (Å²) in [6.45, 7) is 0.864. The van der Waals surface area contributed by atoms with Crippen LogP contribution in [0.2, 0.25) is 0 Å². The Labute approximate surface area is 70.4 Å². The zero-order valence-electron chi connectivity index (χ0n) is 6.66. The Morgan fingerprint density at radius 3 is 3.33 bits per heavy atom. The van der Waals surface area contributed by atoms with Gasteiger partial charge >= 0.3 is 0 Å². The summed E-state index contributed by atoms with van der Waals surface area (Å²) < 4.78 is 2.07. The number of fused-ring (bicyclic) bond motifs is 1. The monoisotopic (exact) mass is 165 g/mol. The van der Waals surface area contributed by atoms with Crippen LogP contribution in [0.5, 0.6) is 0 Å². The Bertz CT molecular complexity index is 305. The summed E-state index contributed by atoms with van der Waals surface area (Å²) in [5.74, 6) is 0.701. The summed E-state index contributed by atoms with van der Waals surface area (Å²) in [6.07, 6.45) is 2.76. The zero-order chi connectivity index (χ0) is 8.55. The molecule has 2 heterocycles. The molecule has 1 amide bonds. The lowest BCUT2D eigenvalue weighted by molar-refractivity contribution is -0.119. The third kappa shape index (κ3) is 1.05. The molecule has 1 aliphatic rings. The van der Waals surface area contributed by atoms with Gasteiger partial charge in [0.25, 0.3) is 0 Å². The predicted molar refractivity (Wildman–Crippen MR) is 45.7 cm³/mol. The second-order valence-corrected chi connectivity index (χ2v) is 2.97. The van der Waals surface area contributed by atoms with E-state index in [2.05, 4.69) is 9.88 Å². The van der Waals surface area contributed by atoms with Crippen LogP contribution >= 0.6 is 0 Å². The van der Waals surface area contributed by atoms with Gasteiger partial charge in [-0.05, 0) is 18.6 Å². The molecular weight excluding hydrogens is 154 g/mol. The summed E-state index contributed by atoms with van der Waals surface area (Å²) in [5, 5.41) is 3.06. The molecule has 0 spiro atoms. The molecule has 0 aliphatic carbocycles. The van der Waals surface area contributed by atoms with Crippen molar-refractivity contribution in [1.82, 2.24) is 4.57 Å².